The van der Waals surface area contributed by atoms with Crippen molar-refractivity contribution in [2.75, 3.05) is 29.6 Å². The summed E-state index contributed by atoms with van der Waals surface area (Å²) in [4.78, 5) is 2.04. The summed E-state index contributed by atoms with van der Waals surface area (Å²) in [6.07, 6.45) is 0. The minimum absolute atomic E-state index is 0.478. The molecule has 2 rings (SSSR count). The lowest BCUT2D eigenvalue weighted by molar-refractivity contribution is 1.13. The van der Waals surface area contributed by atoms with Crippen LogP contribution in [0.3, 0.4) is 0 Å². The maximum atomic E-state index is 5.95. The number of rotatable bonds is 3. The van der Waals surface area contributed by atoms with Crippen LogP contribution < -0.4 is 15.5 Å². The average Bonchev–Trinajstić information content (AvgIpc) is 2.37. The van der Waals surface area contributed by atoms with E-state index in [0.717, 1.165) is 17.1 Å². The quantitative estimate of drug-likeness (QED) is 0.780. The van der Waals surface area contributed by atoms with Gasteiger partial charge in [-0.3, -0.25) is 0 Å². The van der Waals surface area contributed by atoms with Crippen molar-refractivity contribution < 1.29 is 0 Å². The van der Waals surface area contributed by atoms with Crippen LogP contribution in [0.4, 0.5) is 17.1 Å². The van der Waals surface area contributed by atoms with Gasteiger partial charge in [-0.1, -0.05) is 23.2 Å². The highest BCUT2D eigenvalue weighted by atomic mass is 35.5. The third-order valence-electron chi connectivity index (χ3n) is 2.76. The Bertz CT molecular complexity index is 622. The predicted molar refractivity (Wildman–Crippen MR) is 97.1 cm³/mol. The molecule has 0 aliphatic heterocycles. The molecule has 0 aliphatic carbocycles. The molecule has 0 spiro atoms. The third-order valence-corrected chi connectivity index (χ3v) is 3.40. The lowest BCUT2D eigenvalue weighted by Gasteiger charge is -2.14. The smallest absolute Gasteiger partial charge is 0.175 e. The maximum absolute atomic E-state index is 5.95. The van der Waals surface area contributed by atoms with Gasteiger partial charge in [0.1, 0.15) is 0 Å². The van der Waals surface area contributed by atoms with E-state index in [-0.39, 0.29) is 0 Å². The van der Waals surface area contributed by atoms with Crippen molar-refractivity contribution in [2.45, 2.75) is 0 Å². The number of thiocarbonyl (C=S) groups is 1. The topological polar surface area (TPSA) is 27.3 Å². The van der Waals surface area contributed by atoms with Gasteiger partial charge in [-0.15, -0.1) is 0 Å². The molecule has 0 radical (unpaired) electrons. The van der Waals surface area contributed by atoms with Crippen LogP contribution >= 0.6 is 35.4 Å². The summed E-state index contributed by atoms with van der Waals surface area (Å²) in [7, 11) is 4.00. The van der Waals surface area contributed by atoms with Crippen LogP contribution in [0.15, 0.2) is 42.5 Å². The lowest BCUT2D eigenvalue weighted by atomic mass is 10.2. The van der Waals surface area contributed by atoms with Crippen LogP contribution in [0.25, 0.3) is 0 Å². The third kappa shape index (κ3) is 4.77. The zero-order valence-electron chi connectivity index (χ0n) is 11.7. The number of hydrogen-bond acceptors (Lipinski definition) is 2. The molecule has 0 atom stereocenters. The van der Waals surface area contributed by atoms with E-state index in [1.54, 1.807) is 18.2 Å². The molecule has 0 heterocycles. The van der Waals surface area contributed by atoms with Crippen molar-refractivity contribution in [2.24, 2.45) is 0 Å². The number of hydrogen-bond donors (Lipinski definition) is 2. The number of anilines is 3. The Morgan fingerprint density at radius 3 is 1.95 bits per heavy atom. The van der Waals surface area contributed by atoms with E-state index in [4.69, 9.17) is 35.4 Å². The molecule has 21 heavy (non-hydrogen) atoms. The summed E-state index contributed by atoms with van der Waals surface area (Å²) in [5.41, 5.74) is 2.78. The Morgan fingerprint density at radius 1 is 0.905 bits per heavy atom. The Labute approximate surface area is 139 Å². The first kappa shape index (κ1) is 15.9. The van der Waals surface area contributed by atoms with E-state index in [0.29, 0.717) is 15.2 Å². The first-order valence-electron chi connectivity index (χ1n) is 6.25. The van der Waals surface area contributed by atoms with Crippen LogP contribution in [0.1, 0.15) is 0 Å². The van der Waals surface area contributed by atoms with Gasteiger partial charge in [-0.2, -0.15) is 0 Å². The van der Waals surface area contributed by atoms with Gasteiger partial charge in [0.15, 0.2) is 5.11 Å². The van der Waals surface area contributed by atoms with Crippen LogP contribution in [0.5, 0.6) is 0 Å². The van der Waals surface area contributed by atoms with E-state index in [1.165, 1.54) is 0 Å². The van der Waals surface area contributed by atoms with E-state index in [2.05, 4.69) is 10.6 Å². The number of halogens is 2. The molecule has 0 saturated heterocycles. The minimum Gasteiger partial charge on any atom is -0.378 e. The number of nitrogens with one attached hydrogen (secondary N) is 2. The normalized spacial score (nSPS) is 10.1. The fourth-order valence-corrected chi connectivity index (χ4v) is 2.52. The van der Waals surface area contributed by atoms with Gasteiger partial charge in [-0.25, -0.2) is 0 Å². The molecule has 6 heteroatoms. The van der Waals surface area contributed by atoms with Crippen molar-refractivity contribution in [1.82, 2.24) is 0 Å². The van der Waals surface area contributed by atoms with Crippen LogP contribution in [-0.2, 0) is 0 Å². The summed E-state index contributed by atoms with van der Waals surface area (Å²) in [6.45, 7) is 0. The zero-order valence-corrected chi connectivity index (χ0v) is 14.0. The zero-order chi connectivity index (χ0) is 15.4. The van der Waals surface area contributed by atoms with Crippen molar-refractivity contribution in [1.29, 1.82) is 0 Å². The Morgan fingerprint density at radius 2 is 1.43 bits per heavy atom. The van der Waals surface area contributed by atoms with Gasteiger partial charge in [0.25, 0.3) is 0 Å². The van der Waals surface area contributed by atoms with Gasteiger partial charge < -0.3 is 15.5 Å². The van der Waals surface area contributed by atoms with Crippen molar-refractivity contribution in [3.63, 3.8) is 0 Å². The lowest BCUT2D eigenvalue weighted by Crippen LogP contribution is -2.19. The molecule has 2 aromatic rings. The monoisotopic (exact) mass is 339 g/mol. The van der Waals surface area contributed by atoms with Crippen molar-refractivity contribution in [3.05, 3.63) is 52.5 Å². The van der Waals surface area contributed by atoms with E-state index < -0.39 is 0 Å². The molecule has 0 unspecified atom stereocenters. The summed E-state index contributed by atoms with van der Waals surface area (Å²) < 4.78 is 0. The second-order valence-corrected chi connectivity index (χ2v) is 5.96. The van der Waals surface area contributed by atoms with Crippen LogP contribution in [0, 0.1) is 0 Å². The van der Waals surface area contributed by atoms with Gasteiger partial charge in [0.05, 0.1) is 0 Å². The average molecular weight is 340 g/mol. The van der Waals surface area contributed by atoms with E-state index >= 15 is 0 Å². The van der Waals surface area contributed by atoms with Gasteiger partial charge in [0.2, 0.25) is 0 Å². The highest BCUT2D eigenvalue weighted by molar-refractivity contribution is 7.80. The largest absolute Gasteiger partial charge is 0.378 e. The molecule has 0 amide bonds. The molecule has 0 aromatic heterocycles. The Kier molecular flexibility index (Phi) is 5.28. The molecule has 2 N–H and O–H groups in total. The van der Waals surface area contributed by atoms with Gasteiger partial charge >= 0.3 is 0 Å². The fraction of sp³-hybridized carbons (Fsp3) is 0.133. The van der Waals surface area contributed by atoms with Crippen molar-refractivity contribution in [3.8, 4) is 0 Å². The molecule has 0 saturated carbocycles. The van der Waals surface area contributed by atoms with Crippen molar-refractivity contribution >= 4 is 57.6 Å². The summed E-state index contributed by atoms with van der Waals surface area (Å²) in [5.74, 6) is 0. The van der Waals surface area contributed by atoms with Gasteiger partial charge in [0, 0.05) is 41.2 Å². The minimum atomic E-state index is 0.478. The molecule has 0 fully saturated rings. The van der Waals surface area contributed by atoms with Gasteiger partial charge in [-0.05, 0) is 54.7 Å². The second-order valence-electron chi connectivity index (χ2n) is 4.68. The molecule has 0 aliphatic rings. The van der Waals surface area contributed by atoms with E-state index in [9.17, 15) is 0 Å². The summed E-state index contributed by atoms with van der Waals surface area (Å²) in [5, 5.41) is 7.76. The molecule has 110 valence electrons. The standard InChI is InChI=1S/C15H15Cl2N3S/c1-20(2)14-5-3-12(4-6-14)18-15(21)19-13-8-10(16)7-11(17)9-13/h3-9H,1-2H3,(H2,18,19,21). The number of nitrogens with zero attached hydrogens (tertiary/aromatic N) is 1. The SMILES string of the molecule is CN(C)c1ccc(NC(=S)Nc2cc(Cl)cc(Cl)c2)cc1. The molecular formula is C15H15Cl2N3S. The van der Waals surface area contributed by atoms with Crippen LogP contribution in [-0.4, -0.2) is 19.2 Å². The molecule has 0 bridgehead atoms. The summed E-state index contributed by atoms with van der Waals surface area (Å²) >= 11 is 17.2. The maximum Gasteiger partial charge on any atom is 0.175 e. The van der Waals surface area contributed by atoms with Crippen LogP contribution in [0.2, 0.25) is 10.0 Å². The molecule has 3 nitrogen and oxygen atoms in total. The predicted octanol–water partition coefficient (Wildman–Crippen LogP) is 4.87. The second kappa shape index (κ2) is 6.98. The highest BCUT2D eigenvalue weighted by Crippen LogP contribution is 2.23. The van der Waals surface area contributed by atoms with E-state index in [1.807, 2.05) is 43.3 Å². The first-order chi connectivity index (χ1) is 9.94. The molecule has 2 aromatic carbocycles. The first-order valence-corrected chi connectivity index (χ1v) is 7.42. The fourth-order valence-electron chi connectivity index (χ4n) is 1.76. The molecular weight excluding hydrogens is 325 g/mol. The Hall–Kier alpha value is -1.49. The Balaban J connectivity index is 2.01. The summed E-state index contributed by atoms with van der Waals surface area (Å²) in [6, 6.07) is 13.2. The highest BCUT2D eigenvalue weighted by Gasteiger charge is 2.02. The number of benzene rings is 2.